The van der Waals surface area contributed by atoms with Crippen LogP contribution in [0.4, 0.5) is 5.69 Å². The quantitative estimate of drug-likeness (QED) is 0.678. The molecule has 0 saturated carbocycles. The van der Waals surface area contributed by atoms with E-state index < -0.39 is 5.25 Å². The average molecular weight is 385 g/mol. The van der Waals surface area contributed by atoms with E-state index in [1.165, 1.54) is 16.4 Å². The Morgan fingerprint density at radius 1 is 1.31 bits per heavy atom. The first-order chi connectivity index (χ1) is 12.6. The number of anilines is 1. The van der Waals surface area contributed by atoms with E-state index in [2.05, 4.69) is 20.8 Å². The number of thioether (sulfide) groups is 1. The number of nitrogens with one attached hydrogen (secondary N) is 1. The highest BCUT2D eigenvalue weighted by atomic mass is 35.5. The van der Waals surface area contributed by atoms with E-state index in [4.69, 9.17) is 16.9 Å². The van der Waals surface area contributed by atoms with Gasteiger partial charge >= 0.3 is 0 Å². The molecule has 1 amide bonds. The number of hydrogen-bond donors (Lipinski definition) is 1. The Morgan fingerprint density at radius 3 is 2.77 bits per heavy atom. The van der Waals surface area contributed by atoms with Crippen molar-refractivity contribution in [3.63, 3.8) is 0 Å². The number of nitrogens with zero attached hydrogens (tertiary/aromatic N) is 5. The summed E-state index contributed by atoms with van der Waals surface area (Å²) in [7, 11) is 0. The third-order valence-electron chi connectivity index (χ3n) is 3.43. The molecule has 1 atom stereocenters. The molecule has 9 heteroatoms. The topological polar surface area (TPSA) is 96.5 Å². The van der Waals surface area contributed by atoms with Crippen molar-refractivity contribution in [2.45, 2.75) is 17.3 Å². The molecule has 7 nitrogen and oxygen atoms in total. The molecular weight excluding hydrogens is 372 g/mol. The van der Waals surface area contributed by atoms with Gasteiger partial charge in [0.2, 0.25) is 11.1 Å². The second-order valence-electron chi connectivity index (χ2n) is 5.29. The Hall–Kier alpha value is -2.89. The molecule has 0 fully saturated rings. The number of carbonyl (C=O) groups excluding carboxylic acids is 1. The molecule has 3 aromatic rings. The summed E-state index contributed by atoms with van der Waals surface area (Å²) in [6, 6.07) is 15.8. The molecule has 1 N–H and O–H groups in total. The molecule has 0 radical (unpaired) electrons. The summed E-state index contributed by atoms with van der Waals surface area (Å²) in [5.41, 5.74) is 1.87. The summed E-state index contributed by atoms with van der Waals surface area (Å²) >= 11 is 7.24. The highest BCUT2D eigenvalue weighted by Gasteiger charge is 2.19. The molecule has 130 valence electrons. The molecule has 0 saturated heterocycles. The van der Waals surface area contributed by atoms with Crippen LogP contribution in [0.15, 0.2) is 53.7 Å². The van der Waals surface area contributed by atoms with Crippen LogP contribution < -0.4 is 5.32 Å². The van der Waals surface area contributed by atoms with Crippen LogP contribution in [0, 0.1) is 11.3 Å². The van der Waals surface area contributed by atoms with Gasteiger partial charge in [-0.25, -0.2) is 0 Å². The zero-order chi connectivity index (χ0) is 18.5. The first-order valence-corrected chi connectivity index (χ1v) is 8.84. The summed E-state index contributed by atoms with van der Waals surface area (Å²) in [5.74, 6) is -0.194. The van der Waals surface area contributed by atoms with Crippen LogP contribution in [0.1, 0.15) is 12.5 Å². The maximum absolute atomic E-state index is 12.4. The van der Waals surface area contributed by atoms with Gasteiger partial charge in [0.15, 0.2) is 0 Å². The maximum atomic E-state index is 12.4. The number of halogens is 1. The van der Waals surface area contributed by atoms with Crippen LogP contribution in [-0.2, 0) is 4.79 Å². The van der Waals surface area contributed by atoms with Gasteiger partial charge in [0.25, 0.3) is 0 Å². The van der Waals surface area contributed by atoms with Crippen molar-refractivity contribution in [1.82, 2.24) is 20.2 Å². The lowest BCUT2D eigenvalue weighted by Gasteiger charge is -2.12. The maximum Gasteiger partial charge on any atom is 0.237 e. The third kappa shape index (κ3) is 4.20. The van der Waals surface area contributed by atoms with E-state index in [-0.39, 0.29) is 5.91 Å². The van der Waals surface area contributed by atoms with Crippen molar-refractivity contribution in [1.29, 1.82) is 5.26 Å². The van der Waals surface area contributed by atoms with Crippen molar-refractivity contribution in [3.8, 4) is 11.8 Å². The number of carbonyl (C=O) groups is 1. The Morgan fingerprint density at radius 2 is 2.08 bits per heavy atom. The lowest BCUT2D eigenvalue weighted by Crippen LogP contribution is -2.22. The Labute approximate surface area is 159 Å². The number of amides is 1. The largest absolute Gasteiger partial charge is 0.325 e. The minimum Gasteiger partial charge on any atom is -0.325 e. The molecular formula is C17H13ClN6OS. The van der Waals surface area contributed by atoms with Gasteiger partial charge in [0.1, 0.15) is 0 Å². The molecule has 0 spiro atoms. The molecule has 1 heterocycles. The van der Waals surface area contributed by atoms with Crippen molar-refractivity contribution in [3.05, 3.63) is 59.1 Å². The zero-order valence-electron chi connectivity index (χ0n) is 13.6. The monoisotopic (exact) mass is 384 g/mol. The number of hydrogen-bond acceptors (Lipinski definition) is 6. The fourth-order valence-electron chi connectivity index (χ4n) is 2.11. The van der Waals surface area contributed by atoms with Crippen LogP contribution in [-0.4, -0.2) is 31.4 Å². The van der Waals surface area contributed by atoms with Gasteiger partial charge in [0.05, 0.1) is 22.6 Å². The standard InChI is InChI=1S/C17H13ClN6OS/c1-11(16(25)20-14-7-5-12(10-19)6-8-14)26-17-21-22-23-24(17)15-4-2-3-13(18)9-15/h2-9,11H,1H3,(H,20,25)/t11-/m1/s1. The predicted molar refractivity (Wildman–Crippen MR) is 99.3 cm³/mol. The highest BCUT2D eigenvalue weighted by Crippen LogP contribution is 2.25. The minimum atomic E-state index is -0.436. The molecule has 0 aliphatic rings. The Balaban J connectivity index is 1.70. The molecule has 0 aliphatic heterocycles. The van der Waals surface area contributed by atoms with Crippen molar-refractivity contribution in [2.24, 2.45) is 0 Å². The number of aromatic nitrogens is 4. The van der Waals surface area contributed by atoms with Crippen LogP contribution >= 0.6 is 23.4 Å². The van der Waals surface area contributed by atoms with E-state index in [1.807, 2.05) is 12.1 Å². The lowest BCUT2D eigenvalue weighted by atomic mass is 10.2. The Bertz CT molecular complexity index is 966. The Kier molecular flexibility index (Phi) is 5.51. The molecule has 0 unspecified atom stereocenters. The second kappa shape index (κ2) is 7.99. The van der Waals surface area contributed by atoms with Gasteiger partial charge in [-0.2, -0.15) is 9.94 Å². The minimum absolute atomic E-state index is 0.194. The molecule has 0 bridgehead atoms. The average Bonchev–Trinajstić information content (AvgIpc) is 3.10. The number of rotatable bonds is 5. The molecule has 2 aromatic carbocycles. The highest BCUT2D eigenvalue weighted by molar-refractivity contribution is 8.00. The lowest BCUT2D eigenvalue weighted by molar-refractivity contribution is -0.115. The fraction of sp³-hybridized carbons (Fsp3) is 0.118. The van der Waals surface area contributed by atoms with Gasteiger partial charge in [-0.3, -0.25) is 4.79 Å². The summed E-state index contributed by atoms with van der Waals surface area (Å²) in [6.45, 7) is 1.76. The molecule has 3 rings (SSSR count). The van der Waals surface area contributed by atoms with E-state index in [1.54, 1.807) is 49.4 Å². The summed E-state index contributed by atoms with van der Waals surface area (Å²) in [6.07, 6.45) is 0. The smallest absolute Gasteiger partial charge is 0.237 e. The normalized spacial score (nSPS) is 11.6. The van der Waals surface area contributed by atoms with Crippen LogP contribution in [0.3, 0.4) is 0 Å². The SMILES string of the molecule is C[C@@H](Sc1nnnn1-c1cccc(Cl)c1)C(=O)Nc1ccc(C#N)cc1. The van der Waals surface area contributed by atoms with Crippen molar-refractivity contribution >= 4 is 35.0 Å². The van der Waals surface area contributed by atoms with Crippen LogP contribution in [0.5, 0.6) is 0 Å². The molecule has 1 aromatic heterocycles. The van der Waals surface area contributed by atoms with Gasteiger partial charge in [-0.15, -0.1) is 5.10 Å². The van der Waals surface area contributed by atoms with E-state index in [0.717, 1.165) is 0 Å². The van der Waals surface area contributed by atoms with Gasteiger partial charge in [0, 0.05) is 10.7 Å². The first-order valence-electron chi connectivity index (χ1n) is 7.59. The van der Waals surface area contributed by atoms with Crippen molar-refractivity contribution in [2.75, 3.05) is 5.32 Å². The predicted octanol–water partition coefficient (Wildman–Crippen LogP) is 3.31. The number of tetrazole rings is 1. The molecule has 0 aliphatic carbocycles. The summed E-state index contributed by atoms with van der Waals surface area (Å²) in [5, 5.41) is 23.8. The summed E-state index contributed by atoms with van der Waals surface area (Å²) < 4.78 is 1.53. The fourth-order valence-corrected chi connectivity index (χ4v) is 3.10. The van der Waals surface area contributed by atoms with Gasteiger partial charge in [-0.05, 0) is 59.8 Å². The van der Waals surface area contributed by atoms with Crippen molar-refractivity contribution < 1.29 is 4.79 Å². The van der Waals surface area contributed by atoms with E-state index in [0.29, 0.717) is 27.1 Å². The summed E-state index contributed by atoms with van der Waals surface area (Å²) in [4.78, 5) is 12.4. The number of nitriles is 1. The zero-order valence-corrected chi connectivity index (χ0v) is 15.2. The first kappa shape index (κ1) is 17.9. The second-order valence-corrected chi connectivity index (χ2v) is 7.04. The van der Waals surface area contributed by atoms with Gasteiger partial charge in [-0.1, -0.05) is 29.4 Å². The van der Waals surface area contributed by atoms with Gasteiger partial charge < -0.3 is 5.32 Å². The number of benzene rings is 2. The van der Waals surface area contributed by atoms with Crippen LogP contribution in [0.2, 0.25) is 5.02 Å². The third-order valence-corrected chi connectivity index (χ3v) is 4.69. The van der Waals surface area contributed by atoms with Crippen LogP contribution in [0.25, 0.3) is 5.69 Å². The van der Waals surface area contributed by atoms with E-state index in [9.17, 15) is 4.79 Å². The molecule has 26 heavy (non-hydrogen) atoms. The van der Waals surface area contributed by atoms with E-state index >= 15 is 0 Å².